The molecule has 1 aromatic carbocycles. The number of fused-ring (bicyclic) bond motifs is 1. The average Bonchev–Trinajstić information content (AvgIpc) is 2.63. The normalized spacial score (nSPS) is 20.2. The Morgan fingerprint density at radius 2 is 2.12 bits per heavy atom. The van der Waals surface area contributed by atoms with Crippen molar-refractivity contribution in [2.24, 2.45) is 4.99 Å². The van der Waals surface area contributed by atoms with E-state index in [-0.39, 0.29) is 17.1 Å². The van der Waals surface area contributed by atoms with Crippen molar-refractivity contribution in [1.29, 1.82) is 0 Å². The third-order valence-electron chi connectivity index (χ3n) is 4.00. The number of nitrogens with one attached hydrogen (secondary N) is 1. The predicted molar refractivity (Wildman–Crippen MR) is 106 cm³/mol. The second-order valence-electron chi connectivity index (χ2n) is 6.15. The summed E-state index contributed by atoms with van der Waals surface area (Å²) in [6, 6.07) is 10.2. The van der Waals surface area contributed by atoms with Crippen LogP contribution < -0.4 is 5.32 Å². The first-order valence-corrected chi connectivity index (χ1v) is 9.36. The highest BCUT2D eigenvalue weighted by Gasteiger charge is 2.26. The summed E-state index contributed by atoms with van der Waals surface area (Å²) in [6.07, 6.45) is 8.94. The number of carbonyl (C=O) groups is 2. The van der Waals surface area contributed by atoms with Gasteiger partial charge in [-0.05, 0) is 18.7 Å². The SMILES string of the molecule is CN(CCNC(=O)/C=C1\SC2C=CC=CC2=NC1=O)Cc1ccccc1. The third-order valence-corrected chi connectivity index (χ3v) is 5.20. The van der Waals surface area contributed by atoms with Crippen LogP contribution in [-0.2, 0) is 16.1 Å². The lowest BCUT2D eigenvalue weighted by atomic mass is 10.1. The van der Waals surface area contributed by atoms with Crippen molar-refractivity contribution in [1.82, 2.24) is 10.2 Å². The van der Waals surface area contributed by atoms with Crippen LogP contribution >= 0.6 is 11.8 Å². The van der Waals surface area contributed by atoms with Gasteiger partial charge in [0, 0.05) is 25.7 Å². The number of hydrogen-bond acceptors (Lipinski definition) is 4. The van der Waals surface area contributed by atoms with Gasteiger partial charge in [-0.25, -0.2) is 4.99 Å². The molecule has 6 heteroatoms. The van der Waals surface area contributed by atoms with Crippen molar-refractivity contribution in [3.8, 4) is 0 Å². The number of hydrogen-bond donors (Lipinski definition) is 1. The minimum absolute atomic E-state index is 0.00811. The molecule has 0 radical (unpaired) electrons. The van der Waals surface area contributed by atoms with Gasteiger partial charge >= 0.3 is 0 Å². The minimum atomic E-state index is -0.349. The van der Waals surface area contributed by atoms with Crippen LogP contribution in [0.2, 0.25) is 0 Å². The van der Waals surface area contributed by atoms with Crippen molar-refractivity contribution in [2.75, 3.05) is 20.1 Å². The molecule has 26 heavy (non-hydrogen) atoms. The van der Waals surface area contributed by atoms with Crippen molar-refractivity contribution in [3.63, 3.8) is 0 Å². The molecule has 0 aromatic heterocycles. The molecule has 0 bridgehead atoms. The molecule has 1 heterocycles. The number of carbonyl (C=O) groups excluding carboxylic acids is 2. The molecule has 1 unspecified atom stereocenters. The standard InChI is InChI=1S/C20H21N3O2S/c1-23(14-15-7-3-2-4-8-15)12-11-21-19(24)13-18-20(25)22-16-9-5-6-10-17(16)26-18/h2-10,13,17H,11-12,14H2,1H3,(H,21,24)/b18-13-. The highest BCUT2D eigenvalue weighted by Crippen LogP contribution is 2.31. The van der Waals surface area contributed by atoms with Gasteiger partial charge in [0.15, 0.2) is 0 Å². The third kappa shape index (κ3) is 5.03. The first-order valence-electron chi connectivity index (χ1n) is 8.48. The van der Waals surface area contributed by atoms with Crippen LogP contribution in [0.3, 0.4) is 0 Å². The van der Waals surface area contributed by atoms with E-state index in [1.165, 1.54) is 23.4 Å². The summed E-state index contributed by atoms with van der Waals surface area (Å²) in [5.74, 6) is -0.611. The first kappa shape index (κ1) is 18.4. The fourth-order valence-corrected chi connectivity index (χ4v) is 3.70. The van der Waals surface area contributed by atoms with Crippen LogP contribution in [0.15, 0.2) is 70.6 Å². The summed E-state index contributed by atoms with van der Waals surface area (Å²) in [6.45, 7) is 2.07. The lowest BCUT2D eigenvalue weighted by molar-refractivity contribution is -0.117. The molecule has 0 saturated carbocycles. The van der Waals surface area contributed by atoms with Crippen LogP contribution in [0, 0.1) is 0 Å². The second kappa shape index (κ2) is 8.78. The Balaban J connectivity index is 1.47. The molecule has 1 aliphatic heterocycles. The van der Waals surface area contributed by atoms with Crippen molar-refractivity contribution < 1.29 is 9.59 Å². The quantitative estimate of drug-likeness (QED) is 0.784. The maximum Gasteiger partial charge on any atom is 0.283 e. The largest absolute Gasteiger partial charge is 0.351 e. The Morgan fingerprint density at radius 3 is 2.92 bits per heavy atom. The molecule has 1 aromatic rings. The average molecular weight is 367 g/mol. The van der Waals surface area contributed by atoms with E-state index in [0.29, 0.717) is 11.4 Å². The number of likely N-dealkylation sites (N-methyl/N-ethyl adjacent to an activating group) is 1. The molecule has 5 nitrogen and oxygen atoms in total. The topological polar surface area (TPSA) is 61.8 Å². The number of allylic oxidation sites excluding steroid dienone is 3. The van der Waals surface area contributed by atoms with Gasteiger partial charge in [-0.3, -0.25) is 9.59 Å². The Morgan fingerprint density at radius 1 is 1.31 bits per heavy atom. The minimum Gasteiger partial charge on any atom is -0.351 e. The molecule has 0 spiro atoms. The van der Waals surface area contributed by atoms with Gasteiger partial charge in [0.1, 0.15) is 0 Å². The summed E-state index contributed by atoms with van der Waals surface area (Å²) in [7, 11) is 2.01. The van der Waals surface area contributed by atoms with E-state index in [0.717, 1.165) is 18.8 Å². The number of thioether (sulfide) groups is 1. The van der Waals surface area contributed by atoms with Gasteiger partial charge in [-0.15, -0.1) is 11.8 Å². The van der Waals surface area contributed by atoms with Gasteiger partial charge in [-0.1, -0.05) is 48.6 Å². The highest BCUT2D eigenvalue weighted by molar-refractivity contribution is 8.05. The Bertz CT molecular complexity index is 797. The van der Waals surface area contributed by atoms with E-state index in [1.807, 2.05) is 49.6 Å². The molecule has 2 amide bonds. The molecule has 2 aliphatic rings. The number of nitrogens with zero attached hydrogens (tertiary/aromatic N) is 2. The molecular formula is C20H21N3O2S. The number of amides is 2. The van der Waals surface area contributed by atoms with Crippen LogP contribution in [0.4, 0.5) is 0 Å². The lowest BCUT2D eigenvalue weighted by Crippen LogP contribution is -2.32. The second-order valence-corrected chi connectivity index (χ2v) is 7.33. The molecule has 134 valence electrons. The molecule has 1 atom stereocenters. The lowest BCUT2D eigenvalue weighted by Gasteiger charge is -2.20. The van der Waals surface area contributed by atoms with E-state index in [9.17, 15) is 9.59 Å². The molecule has 0 saturated heterocycles. The Hall–Kier alpha value is -2.44. The highest BCUT2D eigenvalue weighted by atomic mass is 32.2. The number of aliphatic imine (C=N–C) groups is 1. The smallest absolute Gasteiger partial charge is 0.283 e. The predicted octanol–water partition coefficient (Wildman–Crippen LogP) is 2.33. The van der Waals surface area contributed by atoms with Crippen LogP contribution in [-0.4, -0.2) is 47.8 Å². The summed E-state index contributed by atoms with van der Waals surface area (Å²) in [5, 5.41) is 2.84. The van der Waals surface area contributed by atoms with Gasteiger partial charge in [0.2, 0.25) is 5.91 Å². The molecular weight excluding hydrogens is 346 g/mol. The zero-order chi connectivity index (χ0) is 18.4. The molecule has 3 rings (SSSR count). The molecule has 1 N–H and O–H groups in total. The van der Waals surface area contributed by atoms with E-state index >= 15 is 0 Å². The Labute approximate surface area is 157 Å². The Kier molecular flexibility index (Phi) is 6.20. The van der Waals surface area contributed by atoms with E-state index in [1.54, 1.807) is 0 Å². The maximum atomic E-state index is 12.1. The van der Waals surface area contributed by atoms with E-state index in [2.05, 4.69) is 27.3 Å². The van der Waals surface area contributed by atoms with E-state index < -0.39 is 0 Å². The van der Waals surface area contributed by atoms with E-state index in [4.69, 9.17) is 0 Å². The maximum absolute atomic E-state index is 12.1. The zero-order valence-electron chi connectivity index (χ0n) is 14.6. The van der Waals surface area contributed by atoms with Crippen LogP contribution in [0.1, 0.15) is 5.56 Å². The van der Waals surface area contributed by atoms with Gasteiger partial charge < -0.3 is 10.2 Å². The van der Waals surface area contributed by atoms with Gasteiger partial charge in [-0.2, -0.15) is 0 Å². The fraction of sp³-hybridized carbons (Fsp3) is 0.250. The fourth-order valence-electron chi connectivity index (χ4n) is 2.68. The number of benzene rings is 1. The van der Waals surface area contributed by atoms with Crippen LogP contribution in [0.5, 0.6) is 0 Å². The van der Waals surface area contributed by atoms with Crippen molar-refractivity contribution in [3.05, 3.63) is 71.2 Å². The molecule has 0 fully saturated rings. The zero-order valence-corrected chi connectivity index (χ0v) is 15.4. The molecule has 1 aliphatic carbocycles. The first-order chi connectivity index (χ1) is 12.6. The monoisotopic (exact) mass is 367 g/mol. The van der Waals surface area contributed by atoms with Crippen LogP contribution in [0.25, 0.3) is 0 Å². The summed E-state index contributed by atoms with van der Waals surface area (Å²) in [5.41, 5.74) is 1.97. The van der Waals surface area contributed by atoms with Gasteiger partial charge in [0.25, 0.3) is 5.91 Å². The van der Waals surface area contributed by atoms with Gasteiger partial charge in [0.05, 0.1) is 15.9 Å². The van der Waals surface area contributed by atoms with Crippen molar-refractivity contribution >= 4 is 29.3 Å². The number of rotatable bonds is 6. The summed E-state index contributed by atoms with van der Waals surface area (Å²) >= 11 is 1.36. The summed E-state index contributed by atoms with van der Waals surface area (Å²) in [4.78, 5) is 30.7. The van der Waals surface area contributed by atoms with Crippen molar-refractivity contribution in [2.45, 2.75) is 11.8 Å². The summed E-state index contributed by atoms with van der Waals surface area (Å²) < 4.78 is 0.